The maximum Gasteiger partial charge on any atom is 0.164 e. The van der Waals surface area contributed by atoms with E-state index in [2.05, 4.69) is 138 Å². The minimum absolute atomic E-state index is 0.647. The first-order valence-corrected chi connectivity index (χ1v) is 19.6. The van der Waals surface area contributed by atoms with Crippen molar-refractivity contribution in [2.45, 2.75) is 0 Å². The standard InChI is InChI=1S/C51H32N4S/c1-3-12-35(13-4-1)49-52-50(36-14-5-2-6-15-36)54-51(53-49)37-24-22-33(23-25-37)38-28-31-46-44(32-38)41-16-7-9-20-45(41)55(46)39-29-26-34(27-30-39)40-18-11-19-43-42-17-8-10-21-47(42)56-48(40)43/h1-32H. The van der Waals surface area contributed by atoms with Crippen molar-refractivity contribution in [2.75, 3.05) is 0 Å². The first-order valence-electron chi connectivity index (χ1n) is 18.8. The van der Waals surface area contributed by atoms with E-state index in [0.29, 0.717) is 17.5 Å². The van der Waals surface area contributed by atoms with Crippen LogP contribution in [0.4, 0.5) is 0 Å². The highest BCUT2D eigenvalue weighted by Crippen LogP contribution is 2.41. The first kappa shape index (κ1) is 32.2. The van der Waals surface area contributed by atoms with Crippen LogP contribution in [-0.4, -0.2) is 19.5 Å². The van der Waals surface area contributed by atoms with Crippen molar-refractivity contribution in [3.05, 3.63) is 194 Å². The number of nitrogens with zero attached hydrogens (tertiary/aromatic N) is 4. The van der Waals surface area contributed by atoms with Crippen molar-refractivity contribution in [3.63, 3.8) is 0 Å². The molecule has 0 amide bonds. The number of benzene rings is 8. The molecule has 262 valence electrons. The van der Waals surface area contributed by atoms with Crippen LogP contribution in [-0.2, 0) is 0 Å². The summed E-state index contributed by atoms with van der Waals surface area (Å²) in [4.78, 5) is 14.7. The predicted molar refractivity (Wildman–Crippen MR) is 234 cm³/mol. The molecular formula is C51H32N4S. The SMILES string of the molecule is c1ccc(-c2nc(-c3ccccc3)nc(-c3ccc(-c4ccc5c(c4)c4ccccc4n5-c4ccc(-c5cccc6c5sc5ccccc56)cc4)cc3)n2)cc1. The van der Waals surface area contributed by atoms with Crippen molar-refractivity contribution < 1.29 is 0 Å². The van der Waals surface area contributed by atoms with E-state index < -0.39 is 0 Å². The molecule has 11 aromatic rings. The fourth-order valence-electron chi connectivity index (χ4n) is 7.94. The third-order valence-electron chi connectivity index (χ3n) is 10.7. The summed E-state index contributed by atoms with van der Waals surface area (Å²) in [5.41, 5.74) is 11.1. The molecule has 0 atom stereocenters. The van der Waals surface area contributed by atoms with Gasteiger partial charge in [-0.25, -0.2) is 15.0 Å². The van der Waals surface area contributed by atoms with Gasteiger partial charge in [0.05, 0.1) is 11.0 Å². The molecule has 0 radical (unpaired) electrons. The summed E-state index contributed by atoms with van der Waals surface area (Å²) in [6.07, 6.45) is 0. The molecule has 3 aromatic heterocycles. The Morgan fingerprint density at radius 2 is 0.857 bits per heavy atom. The molecule has 0 bridgehead atoms. The molecule has 0 spiro atoms. The maximum absolute atomic E-state index is 4.93. The first-order chi connectivity index (χ1) is 27.7. The fourth-order valence-corrected chi connectivity index (χ4v) is 9.18. The molecule has 0 saturated carbocycles. The second-order valence-electron chi connectivity index (χ2n) is 14.0. The minimum atomic E-state index is 0.647. The number of rotatable bonds is 6. The Balaban J connectivity index is 0.955. The highest BCUT2D eigenvalue weighted by molar-refractivity contribution is 7.26. The highest BCUT2D eigenvalue weighted by atomic mass is 32.1. The minimum Gasteiger partial charge on any atom is -0.309 e. The third kappa shape index (κ3) is 5.48. The van der Waals surface area contributed by atoms with Crippen LogP contribution >= 0.6 is 11.3 Å². The largest absolute Gasteiger partial charge is 0.309 e. The van der Waals surface area contributed by atoms with Gasteiger partial charge in [-0.2, -0.15) is 0 Å². The molecule has 0 unspecified atom stereocenters. The zero-order chi connectivity index (χ0) is 37.0. The van der Waals surface area contributed by atoms with E-state index in [4.69, 9.17) is 15.0 Å². The van der Waals surface area contributed by atoms with Crippen LogP contribution in [0.25, 0.3) is 104 Å². The average Bonchev–Trinajstić information content (AvgIpc) is 3.83. The molecule has 8 aromatic carbocycles. The second kappa shape index (κ2) is 13.3. The van der Waals surface area contributed by atoms with Crippen molar-refractivity contribution in [1.29, 1.82) is 0 Å². The molecule has 3 heterocycles. The molecule has 56 heavy (non-hydrogen) atoms. The van der Waals surface area contributed by atoms with Crippen LogP contribution in [0, 0.1) is 0 Å². The van der Waals surface area contributed by atoms with Crippen LogP contribution in [0.3, 0.4) is 0 Å². The van der Waals surface area contributed by atoms with Crippen LogP contribution in [0.2, 0.25) is 0 Å². The zero-order valence-electron chi connectivity index (χ0n) is 30.2. The van der Waals surface area contributed by atoms with Gasteiger partial charge in [0.1, 0.15) is 0 Å². The average molecular weight is 733 g/mol. The van der Waals surface area contributed by atoms with Gasteiger partial charge in [-0.3, -0.25) is 0 Å². The summed E-state index contributed by atoms with van der Waals surface area (Å²) in [5.74, 6) is 1.96. The lowest BCUT2D eigenvalue weighted by atomic mass is 10.0. The molecule has 0 aliphatic heterocycles. The molecule has 0 saturated heterocycles. The molecule has 0 aliphatic carbocycles. The van der Waals surface area contributed by atoms with Crippen LogP contribution < -0.4 is 0 Å². The number of aromatic nitrogens is 4. The molecule has 4 nitrogen and oxygen atoms in total. The molecule has 5 heteroatoms. The van der Waals surface area contributed by atoms with E-state index in [1.54, 1.807) is 0 Å². The Morgan fingerprint density at radius 1 is 0.339 bits per heavy atom. The molecule has 0 N–H and O–H groups in total. The summed E-state index contributed by atoms with van der Waals surface area (Å²) in [6.45, 7) is 0. The lowest BCUT2D eigenvalue weighted by Gasteiger charge is -2.11. The van der Waals surface area contributed by atoms with Gasteiger partial charge in [-0.1, -0.05) is 158 Å². The maximum atomic E-state index is 4.93. The van der Waals surface area contributed by atoms with Gasteiger partial charge in [0.2, 0.25) is 0 Å². The second-order valence-corrected chi connectivity index (χ2v) is 15.1. The smallest absolute Gasteiger partial charge is 0.164 e. The number of hydrogen-bond acceptors (Lipinski definition) is 4. The normalized spacial score (nSPS) is 11.6. The van der Waals surface area contributed by atoms with E-state index in [0.717, 1.165) is 33.5 Å². The third-order valence-corrected chi connectivity index (χ3v) is 11.9. The summed E-state index contributed by atoms with van der Waals surface area (Å²) in [7, 11) is 0. The van der Waals surface area contributed by atoms with E-state index in [-0.39, 0.29) is 0 Å². The molecule has 0 aliphatic rings. The van der Waals surface area contributed by atoms with Crippen molar-refractivity contribution in [3.8, 4) is 62.1 Å². The van der Waals surface area contributed by atoms with Gasteiger partial charge in [0.25, 0.3) is 0 Å². The quantitative estimate of drug-likeness (QED) is 0.171. The van der Waals surface area contributed by atoms with Gasteiger partial charge in [-0.05, 0) is 58.7 Å². The van der Waals surface area contributed by atoms with E-state index >= 15 is 0 Å². The molecular weight excluding hydrogens is 701 g/mol. The lowest BCUT2D eigenvalue weighted by Crippen LogP contribution is -2.00. The number of para-hydroxylation sites is 1. The zero-order valence-corrected chi connectivity index (χ0v) is 31.0. The highest BCUT2D eigenvalue weighted by Gasteiger charge is 2.16. The van der Waals surface area contributed by atoms with Crippen LogP contribution in [0.5, 0.6) is 0 Å². The monoisotopic (exact) mass is 732 g/mol. The lowest BCUT2D eigenvalue weighted by molar-refractivity contribution is 1.07. The van der Waals surface area contributed by atoms with Crippen LogP contribution in [0.1, 0.15) is 0 Å². The Labute approximate surface area is 327 Å². The van der Waals surface area contributed by atoms with Crippen molar-refractivity contribution in [1.82, 2.24) is 19.5 Å². The molecule has 0 fully saturated rings. The van der Waals surface area contributed by atoms with E-state index in [1.165, 1.54) is 53.1 Å². The Kier molecular flexibility index (Phi) is 7.64. The number of hydrogen-bond donors (Lipinski definition) is 0. The van der Waals surface area contributed by atoms with Gasteiger partial charge in [-0.15, -0.1) is 11.3 Å². The summed E-state index contributed by atoms with van der Waals surface area (Å²) in [5, 5.41) is 5.09. The van der Waals surface area contributed by atoms with Gasteiger partial charge in [0.15, 0.2) is 17.5 Å². The number of fused-ring (bicyclic) bond motifs is 6. The predicted octanol–water partition coefficient (Wildman–Crippen LogP) is 13.7. The summed E-state index contributed by atoms with van der Waals surface area (Å²) < 4.78 is 5.04. The van der Waals surface area contributed by atoms with E-state index in [1.807, 2.05) is 72.0 Å². The number of thiophene rings is 1. The summed E-state index contributed by atoms with van der Waals surface area (Å²) in [6, 6.07) is 68.7. The topological polar surface area (TPSA) is 43.6 Å². The Morgan fingerprint density at radius 3 is 1.55 bits per heavy atom. The molecule has 11 rings (SSSR count). The van der Waals surface area contributed by atoms with Crippen LogP contribution in [0.15, 0.2) is 194 Å². The van der Waals surface area contributed by atoms with Gasteiger partial charge < -0.3 is 4.57 Å². The fraction of sp³-hybridized carbons (Fsp3) is 0. The van der Waals surface area contributed by atoms with Gasteiger partial charge in [0, 0.05) is 53.3 Å². The Hall–Kier alpha value is -7.21. The van der Waals surface area contributed by atoms with Crippen molar-refractivity contribution in [2.24, 2.45) is 0 Å². The van der Waals surface area contributed by atoms with Gasteiger partial charge >= 0.3 is 0 Å². The summed E-state index contributed by atoms with van der Waals surface area (Å²) >= 11 is 1.87. The Bertz CT molecular complexity index is 3160. The van der Waals surface area contributed by atoms with E-state index in [9.17, 15) is 0 Å². The van der Waals surface area contributed by atoms with Crippen molar-refractivity contribution >= 4 is 53.3 Å².